The minimum atomic E-state index is -0.280. The lowest BCUT2D eigenvalue weighted by molar-refractivity contribution is -0.914. The molecule has 2 N–H and O–H groups in total. The van der Waals surface area contributed by atoms with Gasteiger partial charge in [0.15, 0.2) is 11.5 Å². The molecule has 1 aliphatic rings. The van der Waals surface area contributed by atoms with Crippen LogP contribution < -0.4 is 9.64 Å². The quantitative estimate of drug-likeness (QED) is 0.572. The number of fused-ring (bicyclic) bond motifs is 1. The number of Topliss-reactive ketones (excluding diaryl/α,β-unsaturated/α-hetero) is 1. The van der Waals surface area contributed by atoms with Crippen LogP contribution >= 0.6 is 23.2 Å². The van der Waals surface area contributed by atoms with Crippen LogP contribution in [0.1, 0.15) is 21.5 Å². The summed E-state index contributed by atoms with van der Waals surface area (Å²) in [5.74, 6) is 0.271. The summed E-state index contributed by atoms with van der Waals surface area (Å²) in [5.41, 5.74) is 1.47. The number of nitrogens with one attached hydrogen (secondary N) is 1. The summed E-state index contributed by atoms with van der Waals surface area (Å²) >= 11 is 12.5. The summed E-state index contributed by atoms with van der Waals surface area (Å²) in [5, 5.41) is 11.3. The fourth-order valence-electron chi connectivity index (χ4n) is 3.29. The van der Waals surface area contributed by atoms with Gasteiger partial charge in [0.1, 0.15) is 25.4 Å². The molecule has 1 aliphatic heterocycles. The minimum absolute atomic E-state index is 0.0749. The summed E-state index contributed by atoms with van der Waals surface area (Å²) in [7, 11) is 3.29. The maximum Gasteiger partial charge on any atom is 0.231 e. The largest absolute Gasteiger partial charge is 0.507 e. The molecule has 160 valence electrons. The van der Waals surface area contributed by atoms with Crippen molar-refractivity contribution in [3.8, 4) is 11.5 Å². The molecule has 8 heteroatoms. The Morgan fingerprint density at radius 2 is 1.70 bits per heavy atom. The molecule has 1 heterocycles. The Bertz CT molecular complexity index is 933. The van der Waals surface area contributed by atoms with E-state index >= 15 is 0 Å². The van der Waals surface area contributed by atoms with Crippen molar-refractivity contribution >= 4 is 35.1 Å². The van der Waals surface area contributed by atoms with Gasteiger partial charge in [-0.3, -0.25) is 4.79 Å². The molecule has 0 saturated heterocycles. The first-order chi connectivity index (χ1) is 14.5. The molecule has 3 rings (SSSR count). The highest BCUT2D eigenvalue weighted by Gasteiger charge is 2.32. The summed E-state index contributed by atoms with van der Waals surface area (Å²) in [6, 6.07) is 8.19. The summed E-state index contributed by atoms with van der Waals surface area (Å²) in [6.45, 7) is 3.01. The molecule has 0 saturated carbocycles. The molecular weight excluding hydrogens is 429 g/mol. The van der Waals surface area contributed by atoms with Crippen LogP contribution in [0.25, 0.3) is 6.08 Å². The lowest BCUT2D eigenvalue weighted by Gasteiger charge is -2.20. The Morgan fingerprint density at radius 1 is 1.07 bits per heavy atom. The van der Waals surface area contributed by atoms with E-state index in [1.165, 1.54) is 12.1 Å². The molecule has 0 radical (unpaired) electrons. The van der Waals surface area contributed by atoms with E-state index in [-0.39, 0.29) is 17.3 Å². The maximum atomic E-state index is 12.9. The van der Waals surface area contributed by atoms with Crippen LogP contribution in [-0.2, 0) is 16.0 Å². The van der Waals surface area contributed by atoms with Crippen LogP contribution in [0.5, 0.6) is 11.5 Å². The van der Waals surface area contributed by atoms with Gasteiger partial charge in [0.25, 0.3) is 0 Å². The zero-order valence-electron chi connectivity index (χ0n) is 16.8. The van der Waals surface area contributed by atoms with Crippen molar-refractivity contribution in [1.82, 2.24) is 0 Å². The molecule has 2 aromatic carbocycles. The van der Waals surface area contributed by atoms with E-state index in [0.717, 1.165) is 18.0 Å². The normalized spacial score (nSPS) is 14.4. The smallest absolute Gasteiger partial charge is 0.231 e. The average molecular weight is 453 g/mol. The van der Waals surface area contributed by atoms with Gasteiger partial charge in [0.05, 0.1) is 24.3 Å². The van der Waals surface area contributed by atoms with Crippen LogP contribution in [0, 0.1) is 0 Å². The van der Waals surface area contributed by atoms with E-state index in [1.54, 1.807) is 38.5 Å². The van der Waals surface area contributed by atoms with E-state index in [1.807, 2.05) is 0 Å². The highest BCUT2D eigenvalue weighted by molar-refractivity contribution is 6.37. The summed E-state index contributed by atoms with van der Waals surface area (Å²) in [6.07, 6.45) is 1.54. The molecule has 0 spiro atoms. The van der Waals surface area contributed by atoms with Gasteiger partial charge >= 0.3 is 0 Å². The second-order valence-corrected chi connectivity index (χ2v) is 7.74. The molecule has 30 heavy (non-hydrogen) atoms. The third-order valence-corrected chi connectivity index (χ3v) is 5.60. The topological polar surface area (TPSA) is 69.4 Å². The predicted octanol–water partition coefficient (Wildman–Crippen LogP) is 2.99. The number of carbonyl (C=O) groups excluding carboxylic acids is 1. The van der Waals surface area contributed by atoms with Gasteiger partial charge < -0.3 is 24.2 Å². The first-order valence-corrected chi connectivity index (χ1v) is 10.3. The summed E-state index contributed by atoms with van der Waals surface area (Å²) in [4.78, 5) is 14.0. The van der Waals surface area contributed by atoms with E-state index in [9.17, 15) is 9.90 Å². The minimum Gasteiger partial charge on any atom is -0.507 e. The van der Waals surface area contributed by atoms with E-state index in [2.05, 4.69) is 0 Å². The molecule has 0 unspecified atom stereocenters. The molecule has 2 aromatic rings. The highest BCUT2D eigenvalue weighted by Crippen LogP contribution is 2.40. The van der Waals surface area contributed by atoms with Crippen LogP contribution in [0.4, 0.5) is 0 Å². The molecule has 0 fully saturated rings. The highest BCUT2D eigenvalue weighted by atomic mass is 35.5. The van der Waals surface area contributed by atoms with Crippen molar-refractivity contribution in [1.29, 1.82) is 0 Å². The second kappa shape index (κ2) is 10.3. The number of halogens is 2. The molecule has 0 atom stereocenters. The maximum absolute atomic E-state index is 12.9. The number of methoxy groups -OCH3 is 2. The zero-order valence-corrected chi connectivity index (χ0v) is 18.3. The summed E-state index contributed by atoms with van der Waals surface area (Å²) < 4.78 is 16.3. The van der Waals surface area contributed by atoms with Gasteiger partial charge in [0.2, 0.25) is 5.78 Å². The number of ketones is 1. The Hall–Kier alpha value is -2.09. The second-order valence-electron chi connectivity index (χ2n) is 6.93. The zero-order chi connectivity index (χ0) is 21.7. The molecule has 0 amide bonds. The van der Waals surface area contributed by atoms with Crippen molar-refractivity contribution in [2.45, 2.75) is 6.54 Å². The average Bonchev–Trinajstić information content (AvgIpc) is 3.04. The molecule has 0 aromatic heterocycles. The third kappa shape index (κ3) is 4.96. The molecule has 0 bridgehead atoms. The standard InChI is InChI=1S/C22H23Cl2NO5/c1-28-10-8-25(9-11-29-2)13-16-19(26)7-6-14-21(27)20(30-22(14)16)12-15-17(23)4-3-5-18(15)24/h3-7,12,26H,8-11,13H2,1-2H3/p+1/b20-12-. The number of phenols is 1. The first kappa shape index (κ1) is 22.6. The third-order valence-electron chi connectivity index (χ3n) is 4.94. The van der Waals surface area contributed by atoms with Crippen LogP contribution in [0.15, 0.2) is 36.1 Å². The fourth-order valence-corrected chi connectivity index (χ4v) is 3.80. The van der Waals surface area contributed by atoms with Gasteiger partial charge in [-0.1, -0.05) is 29.3 Å². The Balaban J connectivity index is 1.93. The number of aromatic hydroxyl groups is 1. The Labute approximate surface area is 185 Å². The number of benzene rings is 2. The molecule has 6 nitrogen and oxygen atoms in total. The first-order valence-electron chi connectivity index (χ1n) is 9.50. The predicted molar refractivity (Wildman–Crippen MR) is 116 cm³/mol. The SMILES string of the molecule is COCC[NH+](CCOC)Cc1c(O)ccc2c1O/C(=C\c1c(Cl)cccc1Cl)C2=O. The number of carbonyl (C=O) groups is 1. The van der Waals surface area contributed by atoms with Crippen molar-refractivity contribution in [2.24, 2.45) is 0 Å². The van der Waals surface area contributed by atoms with Crippen LogP contribution in [-0.4, -0.2) is 51.4 Å². The Morgan fingerprint density at radius 3 is 2.30 bits per heavy atom. The van der Waals surface area contributed by atoms with E-state index < -0.39 is 0 Å². The number of hydrogen-bond donors (Lipinski definition) is 2. The van der Waals surface area contributed by atoms with Gasteiger partial charge in [0, 0.05) is 29.8 Å². The van der Waals surface area contributed by atoms with Crippen molar-refractivity contribution in [3.63, 3.8) is 0 Å². The number of rotatable bonds is 9. The number of ether oxygens (including phenoxy) is 3. The van der Waals surface area contributed by atoms with Gasteiger partial charge in [-0.2, -0.15) is 0 Å². The fraction of sp³-hybridized carbons (Fsp3) is 0.318. The number of phenolic OH excluding ortho intramolecular Hbond substituents is 1. The van der Waals surface area contributed by atoms with E-state index in [0.29, 0.717) is 52.2 Å². The van der Waals surface area contributed by atoms with E-state index in [4.69, 9.17) is 37.4 Å². The van der Waals surface area contributed by atoms with Gasteiger partial charge in [-0.05, 0) is 30.3 Å². The monoisotopic (exact) mass is 452 g/mol. The lowest BCUT2D eigenvalue weighted by Crippen LogP contribution is -3.11. The van der Waals surface area contributed by atoms with Crippen molar-refractivity contribution in [3.05, 3.63) is 62.8 Å². The van der Waals surface area contributed by atoms with Crippen LogP contribution in [0.3, 0.4) is 0 Å². The van der Waals surface area contributed by atoms with Gasteiger partial charge in [-0.25, -0.2) is 0 Å². The lowest BCUT2D eigenvalue weighted by atomic mass is 10.0. The number of quaternary nitrogens is 1. The Kier molecular flexibility index (Phi) is 7.75. The van der Waals surface area contributed by atoms with Crippen molar-refractivity contribution in [2.75, 3.05) is 40.5 Å². The van der Waals surface area contributed by atoms with Crippen molar-refractivity contribution < 1.29 is 29.0 Å². The van der Waals surface area contributed by atoms with Crippen LogP contribution in [0.2, 0.25) is 10.0 Å². The van der Waals surface area contributed by atoms with Gasteiger partial charge in [-0.15, -0.1) is 0 Å². The number of allylic oxidation sites excluding steroid dienone is 1. The molecular formula is C22H24Cl2NO5+. The molecule has 0 aliphatic carbocycles. The number of hydrogen-bond acceptors (Lipinski definition) is 5.